The number of hydrogen-bond acceptors (Lipinski definition) is 7. The molecule has 1 aliphatic heterocycles. The Hall–Kier alpha value is -2.58. The van der Waals surface area contributed by atoms with Gasteiger partial charge in [0.05, 0.1) is 18.8 Å². The number of aliphatic hydroxyl groups excluding tert-OH is 3. The summed E-state index contributed by atoms with van der Waals surface area (Å²) in [6, 6.07) is 1.67. The van der Waals surface area contributed by atoms with Crippen molar-refractivity contribution >= 4 is 5.57 Å². The fraction of sp³-hybridized carbons (Fsp3) is 0.500. The maximum absolute atomic E-state index is 10.0. The maximum atomic E-state index is 10.0. The summed E-state index contributed by atoms with van der Waals surface area (Å²) in [5, 5.41) is 32.9. The molecule has 3 rings (SSSR count). The molecular formula is C28H40N4O3. The van der Waals surface area contributed by atoms with E-state index < -0.39 is 12.2 Å². The molecule has 0 amide bonds. The van der Waals surface area contributed by atoms with E-state index in [1.807, 2.05) is 30.0 Å². The van der Waals surface area contributed by atoms with Crippen molar-refractivity contribution in [3.8, 4) is 0 Å². The van der Waals surface area contributed by atoms with Gasteiger partial charge in [0.2, 0.25) is 0 Å². The van der Waals surface area contributed by atoms with Crippen molar-refractivity contribution in [2.24, 2.45) is 5.92 Å². The Balaban J connectivity index is 1.51. The van der Waals surface area contributed by atoms with E-state index in [1.54, 1.807) is 12.4 Å². The summed E-state index contributed by atoms with van der Waals surface area (Å²) in [5.74, 6) is 1.38. The van der Waals surface area contributed by atoms with Gasteiger partial charge in [-0.1, -0.05) is 36.5 Å². The molecule has 2 heterocycles. The number of aliphatic hydroxyl groups is 3. The number of piperidine rings is 1. The summed E-state index contributed by atoms with van der Waals surface area (Å²) >= 11 is 0. The molecule has 0 unspecified atom stereocenters. The monoisotopic (exact) mass is 480 g/mol. The van der Waals surface area contributed by atoms with E-state index in [1.165, 1.54) is 18.4 Å². The van der Waals surface area contributed by atoms with Crippen LogP contribution in [0.15, 0.2) is 72.3 Å². The topological polar surface area (TPSA) is 102 Å². The largest absolute Gasteiger partial charge is 0.395 e. The highest BCUT2D eigenvalue weighted by molar-refractivity contribution is 5.72. The summed E-state index contributed by atoms with van der Waals surface area (Å²) in [6.45, 7) is 10.0. The van der Waals surface area contributed by atoms with Crippen molar-refractivity contribution in [2.45, 2.75) is 57.8 Å². The molecule has 1 aromatic heterocycles. The van der Waals surface area contributed by atoms with E-state index in [-0.39, 0.29) is 12.6 Å². The molecule has 2 fully saturated rings. The van der Waals surface area contributed by atoms with E-state index in [4.69, 9.17) is 0 Å². The number of hydrogen-bond donors (Lipinski definition) is 4. The van der Waals surface area contributed by atoms with Gasteiger partial charge >= 0.3 is 0 Å². The normalized spacial score (nSPS) is 24.7. The predicted octanol–water partition coefficient (Wildman–Crippen LogP) is 3.00. The van der Waals surface area contributed by atoms with Crippen molar-refractivity contribution in [1.82, 2.24) is 20.2 Å². The number of nitrogens with one attached hydrogen (secondary N) is 1. The molecule has 2 aliphatic rings. The van der Waals surface area contributed by atoms with Crippen molar-refractivity contribution < 1.29 is 15.3 Å². The SMILES string of the molecule is C=C(/C=C(\C=C(/C)C1CC1)c1ncccn1)NCC/C=C\C(=C/C)CN1C[C@H](O)[C@@H](O)C[C@H]1CO. The van der Waals surface area contributed by atoms with Crippen molar-refractivity contribution in [3.05, 3.63) is 78.1 Å². The van der Waals surface area contributed by atoms with Crippen LogP contribution in [0.25, 0.3) is 5.57 Å². The zero-order valence-corrected chi connectivity index (χ0v) is 21.0. The highest BCUT2D eigenvalue weighted by atomic mass is 16.3. The van der Waals surface area contributed by atoms with Crippen LogP contribution in [0.1, 0.15) is 45.4 Å². The molecule has 1 saturated heterocycles. The van der Waals surface area contributed by atoms with Crippen LogP contribution in [0.3, 0.4) is 0 Å². The van der Waals surface area contributed by atoms with Crippen LogP contribution in [-0.4, -0.2) is 74.7 Å². The number of rotatable bonds is 12. The van der Waals surface area contributed by atoms with E-state index in [0.717, 1.165) is 29.8 Å². The third-order valence-corrected chi connectivity index (χ3v) is 6.62. The van der Waals surface area contributed by atoms with E-state index >= 15 is 0 Å². The van der Waals surface area contributed by atoms with Gasteiger partial charge in [-0.2, -0.15) is 0 Å². The van der Waals surface area contributed by atoms with E-state index in [2.05, 4.69) is 47.0 Å². The van der Waals surface area contributed by atoms with Gasteiger partial charge in [0.15, 0.2) is 5.82 Å². The summed E-state index contributed by atoms with van der Waals surface area (Å²) in [7, 11) is 0. The summed E-state index contributed by atoms with van der Waals surface area (Å²) in [4.78, 5) is 10.9. The Labute approximate surface area is 209 Å². The first-order valence-corrected chi connectivity index (χ1v) is 12.5. The van der Waals surface area contributed by atoms with Crippen LogP contribution < -0.4 is 5.32 Å². The van der Waals surface area contributed by atoms with Crippen LogP contribution in [-0.2, 0) is 0 Å². The number of nitrogens with zero attached hydrogens (tertiary/aromatic N) is 3. The number of β-amino-alcohol motifs (C(OH)–C–C–N with tert-alkyl or cyclic N) is 1. The first-order chi connectivity index (χ1) is 16.9. The molecule has 0 radical (unpaired) electrons. The minimum absolute atomic E-state index is 0.0323. The lowest BCUT2D eigenvalue weighted by molar-refractivity contribution is -0.0678. The van der Waals surface area contributed by atoms with Crippen LogP contribution >= 0.6 is 0 Å². The van der Waals surface area contributed by atoms with E-state index in [9.17, 15) is 15.3 Å². The lowest BCUT2D eigenvalue weighted by Gasteiger charge is -2.39. The Morgan fingerprint density at radius 3 is 2.60 bits per heavy atom. The molecule has 4 N–H and O–H groups in total. The second-order valence-electron chi connectivity index (χ2n) is 9.48. The fourth-order valence-corrected chi connectivity index (χ4v) is 4.26. The first-order valence-electron chi connectivity index (χ1n) is 12.5. The molecule has 1 aromatic rings. The van der Waals surface area contributed by atoms with Gasteiger partial charge in [-0.25, -0.2) is 9.97 Å². The average Bonchev–Trinajstić information content (AvgIpc) is 3.71. The zero-order valence-electron chi connectivity index (χ0n) is 21.0. The molecule has 1 saturated carbocycles. The maximum Gasteiger partial charge on any atom is 0.159 e. The Morgan fingerprint density at radius 2 is 1.94 bits per heavy atom. The van der Waals surface area contributed by atoms with Crippen molar-refractivity contribution in [3.63, 3.8) is 0 Å². The fourth-order valence-electron chi connectivity index (χ4n) is 4.26. The van der Waals surface area contributed by atoms with Crippen LogP contribution in [0.4, 0.5) is 0 Å². The molecule has 190 valence electrons. The second-order valence-corrected chi connectivity index (χ2v) is 9.48. The minimum Gasteiger partial charge on any atom is -0.395 e. The Bertz CT molecular complexity index is 950. The highest BCUT2D eigenvalue weighted by Gasteiger charge is 2.33. The number of allylic oxidation sites excluding steroid dienone is 5. The average molecular weight is 481 g/mol. The highest BCUT2D eigenvalue weighted by Crippen LogP contribution is 2.37. The minimum atomic E-state index is -0.780. The summed E-state index contributed by atoms with van der Waals surface area (Å²) in [6.07, 6.45) is 16.1. The Kier molecular flexibility index (Phi) is 10.4. The summed E-state index contributed by atoms with van der Waals surface area (Å²) < 4.78 is 0. The third kappa shape index (κ3) is 8.54. The van der Waals surface area contributed by atoms with Gasteiger partial charge < -0.3 is 20.6 Å². The lowest BCUT2D eigenvalue weighted by Crippen LogP contribution is -2.54. The molecule has 7 nitrogen and oxygen atoms in total. The quantitative estimate of drug-likeness (QED) is 0.269. The van der Waals surface area contributed by atoms with Gasteiger partial charge in [0.25, 0.3) is 0 Å². The van der Waals surface area contributed by atoms with Gasteiger partial charge in [0, 0.05) is 49.3 Å². The van der Waals surface area contributed by atoms with Gasteiger partial charge in [-0.3, -0.25) is 4.90 Å². The van der Waals surface area contributed by atoms with Crippen molar-refractivity contribution in [2.75, 3.05) is 26.2 Å². The van der Waals surface area contributed by atoms with Crippen LogP contribution in [0.2, 0.25) is 0 Å². The van der Waals surface area contributed by atoms with E-state index in [0.29, 0.717) is 31.3 Å². The zero-order chi connectivity index (χ0) is 25.2. The molecular weight excluding hydrogens is 440 g/mol. The van der Waals surface area contributed by atoms with Gasteiger partial charge in [-0.05, 0) is 63.2 Å². The second kappa shape index (κ2) is 13.5. The predicted molar refractivity (Wildman–Crippen MR) is 140 cm³/mol. The molecule has 0 aromatic carbocycles. The first kappa shape index (κ1) is 27.0. The lowest BCUT2D eigenvalue weighted by atomic mass is 9.97. The summed E-state index contributed by atoms with van der Waals surface area (Å²) in [5.41, 5.74) is 4.25. The van der Waals surface area contributed by atoms with Crippen LogP contribution in [0, 0.1) is 5.92 Å². The molecule has 0 spiro atoms. The standard InChI is InChI=1S/C28H40N4O3/c1-4-22(17-32-18-27(35)26(34)16-25(32)19-33)8-5-6-11-29-21(3)15-24(14-20(2)23-9-10-23)28-30-12-7-13-31-28/h4-5,7-8,12-15,23,25-27,29,33-35H,3,6,9-11,16-19H2,1-2H3/b8-5-,20-14+,22-4+,24-15+/t25-,26-,27-/m0/s1. The van der Waals surface area contributed by atoms with Crippen LogP contribution in [0.5, 0.6) is 0 Å². The molecule has 35 heavy (non-hydrogen) atoms. The van der Waals surface area contributed by atoms with Gasteiger partial charge in [0.1, 0.15) is 0 Å². The molecule has 7 heteroatoms. The third-order valence-electron chi connectivity index (χ3n) is 6.62. The molecule has 3 atom stereocenters. The smallest absolute Gasteiger partial charge is 0.159 e. The van der Waals surface area contributed by atoms with Gasteiger partial charge in [-0.15, -0.1) is 0 Å². The Morgan fingerprint density at radius 1 is 1.20 bits per heavy atom. The number of aromatic nitrogens is 2. The molecule has 1 aliphatic carbocycles. The van der Waals surface area contributed by atoms with Crippen molar-refractivity contribution in [1.29, 1.82) is 0 Å². The number of likely N-dealkylation sites (tertiary alicyclic amines) is 1. The molecule has 0 bridgehead atoms.